The molecule has 2 N–H and O–H groups in total. The van der Waals surface area contributed by atoms with Crippen LogP contribution in [-0.4, -0.2) is 29.9 Å². The number of amides is 1. The molecule has 0 radical (unpaired) electrons. The van der Waals surface area contributed by atoms with Crippen molar-refractivity contribution in [2.75, 3.05) is 13.1 Å². The van der Waals surface area contributed by atoms with Crippen LogP contribution in [0.2, 0.25) is 0 Å². The van der Waals surface area contributed by atoms with Crippen molar-refractivity contribution in [1.82, 2.24) is 4.90 Å². The number of carbonyl (C=O) groups is 1. The van der Waals surface area contributed by atoms with Crippen LogP contribution in [0.3, 0.4) is 0 Å². The summed E-state index contributed by atoms with van der Waals surface area (Å²) in [5.74, 6) is 0.0255. The molecule has 0 aromatic carbocycles. The van der Waals surface area contributed by atoms with Gasteiger partial charge >= 0.3 is 0 Å². The van der Waals surface area contributed by atoms with E-state index in [4.69, 9.17) is 5.73 Å². The van der Waals surface area contributed by atoms with Gasteiger partial charge in [-0.3, -0.25) is 9.69 Å². The van der Waals surface area contributed by atoms with Gasteiger partial charge < -0.3 is 5.73 Å². The van der Waals surface area contributed by atoms with Crippen LogP contribution in [0.15, 0.2) is 0 Å². The molecule has 0 aromatic heterocycles. The predicted octanol–water partition coefficient (Wildman–Crippen LogP) is 0.346. The van der Waals surface area contributed by atoms with E-state index in [-0.39, 0.29) is 11.8 Å². The molecule has 2 atom stereocenters. The summed E-state index contributed by atoms with van der Waals surface area (Å²) in [7, 11) is 0. The van der Waals surface area contributed by atoms with E-state index in [0.29, 0.717) is 6.04 Å². The van der Waals surface area contributed by atoms with E-state index >= 15 is 0 Å². The van der Waals surface area contributed by atoms with Gasteiger partial charge in [-0.05, 0) is 25.8 Å². The maximum atomic E-state index is 10.9. The molecule has 3 nitrogen and oxygen atoms in total. The van der Waals surface area contributed by atoms with Gasteiger partial charge in [0.25, 0.3) is 0 Å². The Kier molecular flexibility index (Phi) is 2.05. The lowest BCUT2D eigenvalue weighted by atomic mass is 9.99. The SMILES string of the molecule is NC(=O)C1CC2CCCCN2C1. The van der Waals surface area contributed by atoms with Gasteiger partial charge in [0.2, 0.25) is 5.91 Å². The number of nitrogens with zero attached hydrogens (tertiary/aromatic N) is 1. The van der Waals surface area contributed by atoms with Crippen molar-refractivity contribution >= 4 is 5.91 Å². The first kappa shape index (κ1) is 8.05. The highest BCUT2D eigenvalue weighted by molar-refractivity contribution is 5.77. The highest BCUT2D eigenvalue weighted by Gasteiger charge is 2.35. The van der Waals surface area contributed by atoms with E-state index in [1.165, 1.54) is 25.8 Å². The second-order valence-electron chi connectivity index (χ2n) is 3.98. The third kappa shape index (κ3) is 1.33. The van der Waals surface area contributed by atoms with Crippen molar-refractivity contribution in [3.05, 3.63) is 0 Å². The molecule has 2 aliphatic heterocycles. The van der Waals surface area contributed by atoms with E-state index in [0.717, 1.165) is 13.0 Å². The first-order chi connectivity index (χ1) is 5.77. The minimum absolute atomic E-state index is 0.107. The summed E-state index contributed by atoms with van der Waals surface area (Å²) in [6, 6.07) is 0.663. The Balaban J connectivity index is 1.98. The molecule has 0 spiro atoms. The maximum absolute atomic E-state index is 10.9. The average Bonchev–Trinajstić information content (AvgIpc) is 2.46. The zero-order chi connectivity index (χ0) is 8.55. The van der Waals surface area contributed by atoms with Gasteiger partial charge in [0.05, 0.1) is 5.92 Å². The smallest absolute Gasteiger partial charge is 0.221 e. The topological polar surface area (TPSA) is 46.3 Å². The summed E-state index contributed by atoms with van der Waals surface area (Å²) in [6.45, 7) is 2.09. The molecular formula is C9H16N2O. The molecule has 2 heterocycles. The van der Waals surface area contributed by atoms with E-state index in [1.807, 2.05) is 0 Å². The van der Waals surface area contributed by atoms with Crippen molar-refractivity contribution in [3.8, 4) is 0 Å². The van der Waals surface area contributed by atoms with Gasteiger partial charge in [-0.15, -0.1) is 0 Å². The highest BCUT2D eigenvalue weighted by atomic mass is 16.1. The first-order valence-corrected chi connectivity index (χ1v) is 4.81. The molecule has 2 fully saturated rings. The number of primary amides is 1. The lowest BCUT2D eigenvalue weighted by Gasteiger charge is -2.28. The molecule has 2 saturated heterocycles. The number of hydrogen-bond acceptors (Lipinski definition) is 2. The van der Waals surface area contributed by atoms with Crippen LogP contribution in [0.1, 0.15) is 25.7 Å². The Hall–Kier alpha value is -0.570. The molecule has 2 aliphatic rings. The lowest BCUT2D eigenvalue weighted by Crippen LogP contribution is -2.34. The number of fused-ring (bicyclic) bond motifs is 1. The quantitative estimate of drug-likeness (QED) is 0.614. The zero-order valence-electron chi connectivity index (χ0n) is 7.33. The highest BCUT2D eigenvalue weighted by Crippen LogP contribution is 2.29. The number of rotatable bonds is 1. The number of piperidine rings is 1. The fraction of sp³-hybridized carbons (Fsp3) is 0.889. The number of nitrogens with two attached hydrogens (primary N) is 1. The van der Waals surface area contributed by atoms with Gasteiger partial charge in [-0.1, -0.05) is 6.42 Å². The molecule has 0 aliphatic carbocycles. The van der Waals surface area contributed by atoms with E-state index in [9.17, 15) is 4.79 Å². The zero-order valence-corrected chi connectivity index (χ0v) is 7.33. The van der Waals surface area contributed by atoms with Gasteiger partial charge in [0.15, 0.2) is 0 Å². The second kappa shape index (κ2) is 3.05. The fourth-order valence-electron chi connectivity index (χ4n) is 2.46. The minimum atomic E-state index is -0.107. The third-order valence-corrected chi connectivity index (χ3v) is 3.16. The van der Waals surface area contributed by atoms with Crippen LogP contribution in [0.4, 0.5) is 0 Å². The Morgan fingerprint density at radius 2 is 2.25 bits per heavy atom. The van der Waals surface area contributed by atoms with Crippen LogP contribution < -0.4 is 5.73 Å². The van der Waals surface area contributed by atoms with Crippen molar-refractivity contribution in [1.29, 1.82) is 0 Å². The van der Waals surface area contributed by atoms with Crippen LogP contribution in [-0.2, 0) is 4.79 Å². The van der Waals surface area contributed by atoms with E-state index < -0.39 is 0 Å². The molecule has 2 rings (SSSR count). The largest absolute Gasteiger partial charge is 0.369 e. The monoisotopic (exact) mass is 168 g/mol. The Bertz CT molecular complexity index is 179. The van der Waals surface area contributed by atoms with E-state index in [1.54, 1.807) is 0 Å². The molecule has 0 bridgehead atoms. The molecule has 0 saturated carbocycles. The van der Waals surface area contributed by atoms with Crippen LogP contribution >= 0.6 is 0 Å². The normalized spacial score (nSPS) is 36.3. The number of carbonyl (C=O) groups excluding carboxylic acids is 1. The minimum Gasteiger partial charge on any atom is -0.369 e. The van der Waals surface area contributed by atoms with Gasteiger partial charge in [0.1, 0.15) is 0 Å². The maximum Gasteiger partial charge on any atom is 0.221 e. The molecule has 12 heavy (non-hydrogen) atoms. The molecular weight excluding hydrogens is 152 g/mol. The summed E-state index contributed by atoms with van der Waals surface area (Å²) in [5.41, 5.74) is 5.29. The third-order valence-electron chi connectivity index (χ3n) is 3.16. The van der Waals surface area contributed by atoms with Gasteiger partial charge in [0, 0.05) is 12.6 Å². The van der Waals surface area contributed by atoms with Crippen molar-refractivity contribution < 1.29 is 4.79 Å². The Labute approximate surface area is 72.9 Å². The van der Waals surface area contributed by atoms with Crippen molar-refractivity contribution in [3.63, 3.8) is 0 Å². The summed E-state index contributed by atoms with van der Waals surface area (Å²) in [6.07, 6.45) is 4.90. The average molecular weight is 168 g/mol. The van der Waals surface area contributed by atoms with E-state index in [2.05, 4.69) is 4.90 Å². The summed E-state index contributed by atoms with van der Waals surface area (Å²) < 4.78 is 0. The molecule has 3 heteroatoms. The predicted molar refractivity (Wildman–Crippen MR) is 46.5 cm³/mol. The summed E-state index contributed by atoms with van der Waals surface area (Å²) in [4.78, 5) is 13.4. The Morgan fingerprint density at radius 1 is 1.42 bits per heavy atom. The van der Waals surface area contributed by atoms with Gasteiger partial charge in [-0.25, -0.2) is 0 Å². The Morgan fingerprint density at radius 3 is 2.92 bits per heavy atom. The molecule has 0 aromatic rings. The van der Waals surface area contributed by atoms with Crippen LogP contribution in [0, 0.1) is 5.92 Å². The van der Waals surface area contributed by atoms with Crippen LogP contribution in [0.5, 0.6) is 0 Å². The molecule has 68 valence electrons. The van der Waals surface area contributed by atoms with Crippen molar-refractivity contribution in [2.24, 2.45) is 11.7 Å². The standard InChI is InChI=1S/C9H16N2O/c10-9(12)7-5-8-3-1-2-4-11(8)6-7/h7-8H,1-6H2,(H2,10,12). The second-order valence-corrected chi connectivity index (χ2v) is 3.98. The number of hydrogen-bond donors (Lipinski definition) is 1. The van der Waals surface area contributed by atoms with Gasteiger partial charge in [-0.2, -0.15) is 0 Å². The van der Waals surface area contributed by atoms with Crippen LogP contribution in [0.25, 0.3) is 0 Å². The summed E-state index contributed by atoms with van der Waals surface area (Å²) >= 11 is 0. The van der Waals surface area contributed by atoms with Crippen molar-refractivity contribution in [2.45, 2.75) is 31.7 Å². The molecule has 1 amide bonds. The lowest BCUT2D eigenvalue weighted by molar-refractivity contribution is -0.121. The first-order valence-electron chi connectivity index (χ1n) is 4.81. The summed E-state index contributed by atoms with van der Waals surface area (Å²) in [5, 5.41) is 0. The fourth-order valence-corrected chi connectivity index (χ4v) is 2.46. The molecule has 2 unspecified atom stereocenters.